The molecule has 0 aliphatic carbocycles. The number of nitrogens with one attached hydrogen (secondary N) is 2. The standard InChI is InChI=1S/C16H19N3O2/c1-12-18-11-14(16(21)19-12)10-15(20)17-9-5-8-13-6-3-2-4-7-13/h2-4,6-7,11H,5,8-10H2,1H3,(H,17,20)(H,18,19,21). The minimum atomic E-state index is -0.248. The van der Waals surface area contributed by atoms with Gasteiger partial charge in [0.1, 0.15) is 5.82 Å². The molecule has 1 aromatic carbocycles. The molecule has 2 rings (SSSR count). The summed E-state index contributed by atoms with van der Waals surface area (Å²) in [7, 11) is 0. The molecule has 0 saturated heterocycles. The Morgan fingerprint density at radius 3 is 2.76 bits per heavy atom. The van der Waals surface area contributed by atoms with Crippen LogP contribution in [0.4, 0.5) is 0 Å². The molecule has 1 heterocycles. The predicted molar refractivity (Wildman–Crippen MR) is 81.1 cm³/mol. The number of rotatable bonds is 6. The van der Waals surface area contributed by atoms with Crippen LogP contribution < -0.4 is 10.9 Å². The summed E-state index contributed by atoms with van der Waals surface area (Å²) >= 11 is 0. The highest BCUT2D eigenvalue weighted by atomic mass is 16.2. The third-order valence-corrected chi connectivity index (χ3v) is 3.16. The van der Waals surface area contributed by atoms with Gasteiger partial charge in [-0.2, -0.15) is 0 Å². The van der Waals surface area contributed by atoms with E-state index < -0.39 is 0 Å². The van der Waals surface area contributed by atoms with Crippen LogP contribution in [0, 0.1) is 6.92 Å². The normalized spacial score (nSPS) is 10.3. The first-order valence-electron chi connectivity index (χ1n) is 7.00. The average Bonchev–Trinajstić information content (AvgIpc) is 2.48. The largest absolute Gasteiger partial charge is 0.356 e. The fourth-order valence-electron chi connectivity index (χ4n) is 2.04. The summed E-state index contributed by atoms with van der Waals surface area (Å²) in [6.45, 7) is 2.31. The van der Waals surface area contributed by atoms with Crippen LogP contribution in [0.15, 0.2) is 41.3 Å². The molecule has 2 aromatic rings. The maximum Gasteiger partial charge on any atom is 0.254 e. The molecule has 1 aromatic heterocycles. The molecule has 5 nitrogen and oxygen atoms in total. The van der Waals surface area contributed by atoms with Crippen LogP contribution >= 0.6 is 0 Å². The summed E-state index contributed by atoms with van der Waals surface area (Å²) in [5.41, 5.74) is 1.40. The topological polar surface area (TPSA) is 74.8 Å². The summed E-state index contributed by atoms with van der Waals surface area (Å²) in [5, 5.41) is 2.82. The van der Waals surface area contributed by atoms with E-state index in [1.807, 2.05) is 18.2 Å². The van der Waals surface area contributed by atoms with Crippen molar-refractivity contribution in [2.75, 3.05) is 6.54 Å². The van der Waals surface area contributed by atoms with Gasteiger partial charge >= 0.3 is 0 Å². The summed E-state index contributed by atoms with van der Waals surface area (Å²) in [4.78, 5) is 30.0. The Hall–Kier alpha value is -2.43. The van der Waals surface area contributed by atoms with Crippen molar-refractivity contribution < 1.29 is 4.79 Å². The number of nitrogens with zero attached hydrogens (tertiary/aromatic N) is 1. The molecular weight excluding hydrogens is 266 g/mol. The highest BCUT2D eigenvalue weighted by molar-refractivity contribution is 5.78. The molecule has 21 heavy (non-hydrogen) atoms. The Bertz CT molecular complexity index is 650. The van der Waals surface area contributed by atoms with Crippen molar-refractivity contribution in [3.63, 3.8) is 0 Å². The Morgan fingerprint density at radius 1 is 1.29 bits per heavy atom. The third kappa shape index (κ3) is 4.87. The van der Waals surface area contributed by atoms with E-state index in [2.05, 4.69) is 27.4 Å². The van der Waals surface area contributed by atoms with Crippen LogP contribution in [0.5, 0.6) is 0 Å². The van der Waals surface area contributed by atoms with Gasteiger partial charge in [-0.1, -0.05) is 30.3 Å². The number of amides is 1. The summed E-state index contributed by atoms with van der Waals surface area (Å²) < 4.78 is 0. The first-order chi connectivity index (χ1) is 10.1. The molecule has 1 amide bonds. The van der Waals surface area contributed by atoms with Gasteiger partial charge < -0.3 is 10.3 Å². The molecule has 0 aliphatic rings. The summed E-state index contributed by atoms with van der Waals surface area (Å²) in [5.74, 6) is 0.395. The molecule has 0 unspecified atom stereocenters. The van der Waals surface area contributed by atoms with E-state index in [9.17, 15) is 9.59 Å². The van der Waals surface area contributed by atoms with E-state index in [1.54, 1.807) is 6.92 Å². The lowest BCUT2D eigenvalue weighted by Crippen LogP contribution is -2.29. The smallest absolute Gasteiger partial charge is 0.254 e. The van der Waals surface area contributed by atoms with Gasteiger partial charge in [-0.05, 0) is 25.3 Å². The van der Waals surface area contributed by atoms with Crippen LogP contribution in [0.25, 0.3) is 0 Å². The predicted octanol–water partition coefficient (Wildman–Crippen LogP) is 1.37. The molecular formula is C16H19N3O2. The third-order valence-electron chi connectivity index (χ3n) is 3.16. The number of carbonyl (C=O) groups excluding carboxylic acids is 1. The molecule has 0 saturated carbocycles. The SMILES string of the molecule is Cc1ncc(CC(=O)NCCCc2ccccc2)c(=O)[nH]1. The molecule has 0 spiro atoms. The van der Waals surface area contributed by atoms with E-state index in [0.717, 1.165) is 12.8 Å². The Morgan fingerprint density at radius 2 is 2.05 bits per heavy atom. The highest BCUT2D eigenvalue weighted by Crippen LogP contribution is 2.01. The van der Waals surface area contributed by atoms with Gasteiger partial charge in [-0.3, -0.25) is 9.59 Å². The van der Waals surface area contributed by atoms with Gasteiger partial charge in [0.15, 0.2) is 0 Å². The molecule has 110 valence electrons. The number of aromatic nitrogens is 2. The molecule has 2 N–H and O–H groups in total. The van der Waals surface area contributed by atoms with Gasteiger partial charge in [0.05, 0.1) is 6.42 Å². The number of aromatic amines is 1. The number of aryl methyl sites for hydroxylation is 2. The van der Waals surface area contributed by atoms with Crippen molar-refractivity contribution in [1.82, 2.24) is 15.3 Å². The lowest BCUT2D eigenvalue weighted by molar-refractivity contribution is -0.120. The van der Waals surface area contributed by atoms with Crippen LogP contribution in [0.1, 0.15) is 23.4 Å². The first kappa shape index (κ1) is 15.0. The summed E-state index contributed by atoms with van der Waals surface area (Å²) in [6, 6.07) is 10.1. The Kier molecular flexibility index (Phi) is 5.26. The molecule has 5 heteroatoms. The molecule has 0 aliphatic heterocycles. The van der Waals surface area contributed by atoms with Crippen molar-refractivity contribution in [2.24, 2.45) is 0 Å². The lowest BCUT2D eigenvalue weighted by atomic mass is 10.1. The van der Waals surface area contributed by atoms with Crippen LogP contribution in [0.2, 0.25) is 0 Å². The van der Waals surface area contributed by atoms with Gasteiger partial charge in [-0.15, -0.1) is 0 Å². The first-order valence-corrected chi connectivity index (χ1v) is 7.00. The number of hydrogen-bond acceptors (Lipinski definition) is 3. The second-order valence-electron chi connectivity index (χ2n) is 4.94. The second kappa shape index (κ2) is 7.38. The van der Waals surface area contributed by atoms with Gasteiger partial charge in [0.25, 0.3) is 5.56 Å². The zero-order valence-electron chi connectivity index (χ0n) is 12.1. The Balaban J connectivity index is 1.74. The van der Waals surface area contributed by atoms with Gasteiger partial charge in [0.2, 0.25) is 5.91 Å². The highest BCUT2D eigenvalue weighted by Gasteiger charge is 2.07. The average molecular weight is 285 g/mol. The zero-order valence-corrected chi connectivity index (χ0v) is 12.1. The fourth-order valence-corrected chi connectivity index (χ4v) is 2.04. The van der Waals surface area contributed by atoms with Crippen molar-refractivity contribution in [1.29, 1.82) is 0 Å². The minimum absolute atomic E-state index is 0.0634. The number of H-pyrrole nitrogens is 1. The van der Waals surface area contributed by atoms with Crippen LogP contribution in [-0.2, 0) is 17.6 Å². The second-order valence-corrected chi connectivity index (χ2v) is 4.94. The van der Waals surface area contributed by atoms with Crippen molar-refractivity contribution in [3.05, 3.63) is 63.8 Å². The van der Waals surface area contributed by atoms with Gasteiger partial charge in [0, 0.05) is 18.3 Å². The number of benzene rings is 1. The maximum absolute atomic E-state index is 11.8. The van der Waals surface area contributed by atoms with Gasteiger partial charge in [-0.25, -0.2) is 4.98 Å². The number of hydrogen-bond donors (Lipinski definition) is 2. The zero-order chi connectivity index (χ0) is 15.1. The maximum atomic E-state index is 11.8. The molecule has 0 fully saturated rings. The quantitative estimate of drug-likeness (QED) is 0.787. The van der Waals surface area contributed by atoms with Crippen molar-refractivity contribution in [2.45, 2.75) is 26.2 Å². The van der Waals surface area contributed by atoms with E-state index in [-0.39, 0.29) is 17.9 Å². The van der Waals surface area contributed by atoms with E-state index in [1.165, 1.54) is 11.8 Å². The monoisotopic (exact) mass is 285 g/mol. The van der Waals surface area contributed by atoms with Crippen LogP contribution in [-0.4, -0.2) is 22.4 Å². The van der Waals surface area contributed by atoms with E-state index >= 15 is 0 Å². The van der Waals surface area contributed by atoms with E-state index in [0.29, 0.717) is 17.9 Å². The Labute approximate surface area is 123 Å². The molecule has 0 bridgehead atoms. The lowest BCUT2D eigenvalue weighted by Gasteiger charge is -2.05. The van der Waals surface area contributed by atoms with Crippen LogP contribution in [0.3, 0.4) is 0 Å². The van der Waals surface area contributed by atoms with Crippen molar-refractivity contribution in [3.8, 4) is 0 Å². The fraction of sp³-hybridized carbons (Fsp3) is 0.312. The summed E-state index contributed by atoms with van der Waals surface area (Å²) in [6.07, 6.45) is 3.32. The molecule has 0 atom stereocenters. The van der Waals surface area contributed by atoms with Crippen molar-refractivity contribution >= 4 is 5.91 Å². The molecule has 0 radical (unpaired) electrons. The number of carbonyl (C=O) groups is 1. The minimum Gasteiger partial charge on any atom is -0.356 e. The van der Waals surface area contributed by atoms with E-state index in [4.69, 9.17) is 0 Å².